The average molecular weight is 360 g/mol. The third kappa shape index (κ3) is 2.40. The lowest BCUT2D eigenvalue weighted by molar-refractivity contribution is 0.0601. The highest BCUT2D eigenvalue weighted by Gasteiger charge is 2.18. The van der Waals surface area contributed by atoms with E-state index >= 15 is 0 Å². The largest absolute Gasteiger partial charge is 0.465 e. The predicted molar refractivity (Wildman–Crippen MR) is 87.6 cm³/mol. The summed E-state index contributed by atoms with van der Waals surface area (Å²) < 4.78 is 7.53. The van der Waals surface area contributed by atoms with Gasteiger partial charge in [0, 0.05) is 18.3 Å². The number of pyridine rings is 1. The molecule has 3 rings (SSSR count). The number of aromatic nitrogens is 2. The van der Waals surface area contributed by atoms with Crippen LogP contribution in [0.3, 0.4) is 0 Å². The number of halogens is 1. The van der Waals surface area contributed by atoms with E-state index in [9.17, 15) is 4.79 Å². The molecule has 0 aliphatic carbocycles. The zero-order chi connectivity index (χ0) is 15.7. The topological polar surface area (TPSA) is 69.6 Å². The number of ether oxygens (including phenoxy) is 1. The van der Waals surface area contributed by atoms with Crippen molar-refractivity contribution in [2.45, 2.75) is 6.54 Å². The number of nitrogens with two attached hydrogens (primary N) is 1. The fourth-order valence-electron chi connectivity index (χ4n) is 2.33. The zero-order valence-electron chi connectivity index (χ0n) is 11.9. The molecule has 112 valence electrons. The fraction of sp³-hybridized carbons (Fsp3) is 0.125. The van der Waals surface area contributed by atoms with Gasteiger partial charge in [-0.2, -0.15) is 0 Å². The molecule has 0 unspecified atom stereocenters. The van der Waals surface area contributed by atoms with Gasteiger partial charge in [-0.05, 0) is 39.7 Å². The normalized spacial score (nSPS) is 10.9. The Morgan fingerprint density at radius 2 is 2.14 bits per heavy atom. The maximum atomic E-state index is 11.9. The van der Waals surface area contributed by atoms with Crippen LogP contribution >= 0.6 is 15.9 Å². The van der Waals surface area contributed by atoms with Gasteiger partial charge in [0.25, 0.3) is 0 Å². The van der Waals surface area contributed by atoms with Crippen molar-refractivity contribution in [1.29, 1.82) is 0 Å². The summed E-state index contributed by atoms with van der Waals surface area (Å²) in [5, 5.41) is 0. The minimum absolute atomic E-state index is 0.387. The van der Waals surface area contributed by atoms with Gasteiger partial charge in [0.05, 0.1) is 12.7 Å². The van der Waals surface area contributed by atoms with Crippen molar-refractivity contribution in [2.75, 3.05) is 7.11 Å². The molecule has 1 aromatic carbocycles. The lowest BCUT2D eigenvalue weighted by atomic mass is 10.1. The first kappa shape index (κ1) is 14.7. The highest BCUT2D eigenvalue weighted by molar-refractivity contribution is 9.10. The first-order chi connectivity index (χ1) is 10.7. The number of rotatable bonds is 3. The van der Waals surface area contributed by atoms with Crippen molar-refractivity contribution in [1.82, 2.24) is 9.38 Å². The molecule has 3 aromatic rings. The summed E-state index contributed by atoms with van der Waals surface area (Å²) in [7, 11) is 1.37. The van der Waals surface area contributed by atoms with Crippen LogP contribution in [0, 0.1) is 0 Å². The number of fused-ring (bicyclic) bond motifs is 1. The number of nitrogens with zero attached hydrogens (tertiary/aromatic N) is 2. The van der Waals surface area contributed by atoms with E-state index in [1.807, 2.05) is 34.9 Å². The maximum absolute atomic E-state index is 11.9. The van der Waals surface area contributed by atoms with E-state index in [0.29, 0.717) is 17.8 Å². The molecule has 0 aliphatic heterocycles. The smallest absolute Gasteiger partial charge is 0.338 e. The highest BCUT2D eigenvalue weighted by atomic mass is 79.9. The van der Waals surface area contributed by atoms with Gasteiger partial charge < -0.3 is 10.5 Å². The molecule has 0 saturated carbocycles. The summed E-state index contributed by atoms with van der Waals surface area (Å²) in [6.45, 7) is 0.453. The van der Waals surface area contributed by atoms with E-state index < -0.39 is 0 Å². The first-order valence-corrected chi connectivity index (χ1v) is 7.49. The van der Waals surface area contributed by atoms with Gasteiger partial charge in [0.15, 0.2) is 0 Å². The summed E-state index contributed by atoms with van der Waals surface area (Å²) in [5.74, 6) is -0.387. The third-order valence-corrected chi connectivity index (χ3v) is 4.21. The number of methoxy groups -OCH3 is 1. The Hall–Kier alpha value is -2.18. The summed E-state index contributed by atoms with van der Waals surface area (Å²) >= 11 is 3.56. The second-order valence-corrected chi connectivity index (χ2v) is 5.51. The molecule has 0 spiro atoms. The Kier molecular flexibility index (Phi) is 3.96. The summed E-state index contributed by atoms with van der Waals surface area (Å²) in [6, 6.07) is 11.1. The van der Waals surface area contributed by atoms with Gasteiger partial charge in [0.1, 0.15) is 15.9 Å². The van der Waals surface area contributed by atoms with Gasteiger partial charge in [-0.3, -0.25) is 4.40 Å². The minimum atomic E-state index is -0.387. The molecule has 0 fully saturated rings. The van der Waals surface area contributed by atoms with Crippen molar-refractivity contribution in [3.05, 3.63) is 58.3 Å². The average Bonchev–Trinajstić information content (AvgIpc) is 2.90. The highest BCUT2D eigenvalue weighted by Crippen LogP contribution is 2.31. The van der Waals surface area contributed by atoms with Crippen LogP contribution in [0.2, 0.25) is 0 Å². The number of carbonyl (C=O) groups excluding carboxylic acids is 1. The number of imidazole rings is 1. The Labute approximate surface area is 135 Å². The Balaban J connectivity index is 2.23. The second-order valence-electron chi connectivity index (χ2n) is 4.76. The third-order valence-electron chi connectivity index (χ3n) is 3.46. The van der Waals surface area contributed by atoms with Crippen molar-refractivity contribution in [2.24, 2.45) is 5.73 Å². The lowest BCUT2D eigenvalue weighted by Crippen LogP contribution is -2.03. The molecule has 0 atom stereocenters. The van der Waals surface area contributed by atoms with E-state index in [1.54, 1.807) is 12.1 Å². The van der Waals surface area contributed by atoms with Gasteiger partial charge >= 0.3 is 5.97 Å². The second kappa shape index (κ2) is 5.90. The summed E-state index contributed by atoms with van der Waals surface area (Å²) in [4.78, 5) is 16.6. The van der Waals surface area contributed by atoms with Gasteiger partial charge in [-0.1, -0.05) is 18.2 Å². The van der Waals surface area contributed by atoms with Gasteiger partial charge in [-0.15, -0.1) is 0 Å². The molecule has 5 nitrogen and oxygen atoms in total. The SMILES string of the molecule is COC(=O)c1ccccc1-c1nc2cc(CN)ccn2c1Br. The molecule has 0 aliphatic rings. The summed E-state index contributed by atoms with van der Waals surface area (Å²) in [5.41, 5.74) is 9.33. The van der Waals surface area contributed by atoms with Crippen LogP contribution in [0.1, 0.15) is 15.9 Å². The number of hydrogen-bond donors (Lipinski definition) is 1. The number of esters is 1. The molecule has 2 N–H and O–H groups in total. The monoisotopic (exact) mass is 359 g/mol. The molecule has 6 heteroatoms. The van der Waals surface area contributed by atoms with Crippen LogP contribution in [0.5, 0.6) is 0 Å². The summed E-state index contributed by atoms with van der Waals surface area (Å²) in [6.07, 6.45) is 1.90. The van der Waals surface area contributed by atoms with Crippen LogP contribution in [-0.2, 0) is 11.3 Å². The predicted octanol–water partition coefficient (Wildman–Crippen LogP) is 3.01. The van der Waals surface area contributed by atoms with Crippen LogP contribution in [0.25, 0.3) is 16.9 Å². The molecule has 2 heterocycles. The zero-order valence-corrected chi connectivity index (χ0v) is 13.5. The Morgan fingerprint density at radius 3 is 2.86 bits per heavy atom. The quantitative estimate of drug-likeness (QED) is 0.729. The van der Waals surface area contributed by atoms with E-state index in [-0.39, 0.29) is 5.97 Å². The minimum Gasteiger partial charge on any atom is -0.465 e. The molecule has 0 amide bonds. The Morgan fingerprint density at radius 1 is 1.36 bits per heavy atom. The van der Waals surface area contributed by atoms with E-state index in [2.05, 4.69) is 20.9 Å². The first-order valence-electron chi connectivity index (χ1n) is 6.70. The molecule has 0 radical (unpaired) electrons. The molecule has 22 heavy (non-hydrogen) atoms. The van der Waals surface area contributed by atoms with Crippen molar-refractivity contribution < 1.29 is 9.53 Å². The Bertz CT molecular complexity index is 858. The molecule has 2 aromatic heterocycles. The van der Waals surface area contributed by atoms with Crippen LogP contribution in [0.15, 0.2) is 47.2 Å². The van der Waals surface area contributed by atoms with Crippen LogP contribution in [-0.4, -0.2) is 22.5 Å². The molecular weight excluding hydrogens is 346 g/mol. The number of carbonyl (C=O) groups is 1. The molecular formula is C16H14BrN3O2. The fourth-order valence-corrected chi connectivity index (χ4v) is 2.94. The van der Waals surface area contributed by atoms with E-state index in [0.717, 1.165) is 21.4 Å². The molecule has 0 saturated heterocycles. The van der Waals surface area contributed by atoms with Crippen molar-refractivity contribution in [3.63, 3.8) is 0 Å². The van der Waals surface area contributed by atoms with E-state index in [1.165, 1.54) is 7.11 Å². The molecule has 0 bridgehead atoms. The van der Waals surface area contributed by atoms with Crippen LogP contribution < -0.4 is 5.73 Å². The maximum Gasteiger partial charge on any atom is 0.338 e. The standard InChI is InChI=1S/C16H14BrN3O2/c1-22-16(21)12-5-3-2-4-11(12)14-15(17)20-7-6-10(9-18)8-13(20)19-14/h2-8H,9,18H2,1H3. The van der Waals surface area contributed by atoms with E-state index in [4.69, 9.17) is 10.5 Å². The number of benzene rings is 1. The lowest BCUT2D eigenvalue weighted by Gasteiger charge is -2.05. The van der Waals surface area contributed by atoms with Crippen molar-refractivity contribution in [3.8, 4) is 11.3 Å². The van der Waals surface area contributed by atoms with Crippen LogP contribution in [0.4, 0.5) is 0 Å². The number of hydrogen-bond acceptors (Lipinski definition) is 4. The van der Waals surface area contributed by atoms with Gasteiger partial charge in [0.2, 0.25) is 0 Å². The van der Waals surface area contributed by atoms with Crippen molar-refractivity contribution >= 4 is 27.5 Å². The van der Waals surface area contributed by atoms with Gasteiger partial charge in [-0.25, -0.2) is 9.78 Å².